The predicted octanol–water partition coefficient (Wildman–Crippen LogP) is 25.7. The van der Waals surface area contributed by atoms with Gasteiger partial charge in [-0.3, -0.25) is 0 Å². The highest BCUT2D eigenvalue weighted by molar-refractivity contribution is 7.00. The molecule has 19 rings (SSSR count). The fourth-order valence-corrected chi connectivity index (χ4v) is 20.9. The van der Waals surface area contributed by atoms with E-state index in [4.69, 9.17) is 4.42 Å². The molecule has 11 aromatic carbocycles. The molecular weight excluding hydrogens is 1260 g/mol. The average molecular weight is 1360 g/mol. The maximum Gasteiger partial charge on any atom is 0.252 e. The van der Waals surface area contributed by atoms with E-state index in [1.54, 1.807) is 0 Å². The first-order valence-corrected chi connectivity index (χ1v) is 39.2. The van der Waals surface area contributed by atoms with Crippen LogP contribution in [0, 0.1) is 0 Å². The molecule has 0 unspecified atom stereocenters. The zero-order valence-corrected chi connectivity index (χ0v) is 65.0. The summed E-state index contributed by atoms with van der Waals surface area (Å²) < 4.78 is 6.56. The molecule has 5 heteroatoms. The number of furan rings is 1. The van der Waals surface area contributed by atoms with Gasteiger partial charge in [-0.1, -0.05) is 228 Å². The van der Waals surface area contributed by atoms with Crippen LogP contribution in [-0.2, 0) is 48.7 Å². The Morgan fingerprint density at radius 3 is 1.29 bits per heavy atom. The molecule has 5 aliphatic carbocycles. The van der Waals surface area contributed by atoms with Crippen LogP contribution >= 0.6 is 0 Å². The van der Waals surface area contributed by atoms with Crippen molar-refractivity contribution in [2.45, 2.75) is 225 Å². The van der Waals surface area contributed by atoms with E-state index in [2.05, 4.69) is 333 Å². The molecule has 522 valence electrons. The van der Waals surface area contributed by atoms with E-state index in [0.717, 1.165) is 90.7 Å². The Morgan fingerprint density at radius 1 is 0.317 bits per heavy atom. The maximum atomic E-state index is 6.56. The summed E-state index contributed by atoms with van der Waals surface area (Å²) in [5.74, 6) is 0.880. The van der Waals surface area contributed by atoms with E-state index in [9.17, 15) is 0 Å². The summed E-state index contributed by atoms with van der Waals surface area (Å²) in [6.07, 6.45) is 9.14. The Balaban J connectivity index is 0.948. The number of hydrogen-bond donors (Lipinski definition) is 0. The third kappa shape index (κ3) is 9.54. The summed E-state index contributed by atoms with van der Waals surface area (Å²) in [4.78, 5) is 8.23. The quantitative estimate of drug-likeness (QED) is 0.155. The minimum Gasteiger partial charge on any atom is -0.456 e. The van der Waals surface area contributed by atoms with Gasteiger partial charge in [0.05, 0.1) is 5.69 Å². The van der Waals surface area contributed by atoms with Gasteiger partial charge in [-0.2, -0.15) is 0 Å². The Kier molecular flexibility index (Phi) is 13.6. The molecule has 104 heavy (non-hydrogen) atoms. The van der Waals surface area contributed by atoms with E-state index < -0.39 is 0 Å². The topological polar surface area (TPSA) is 22.9 Å². The number of hydrogen-bond acceptors (Lipinski definition) is 4. The van der Waals surface area contributed by atoms with E-state index in [1.165, 1.54) is 139 Å². The predicted molar refractivity (Wildman–Crippen MR) is 444 cm³/mol. The van der Waals surface area contributed by atoms with Crippen LogP contribution in [-0.4, -0.2) is 6.71 Å². The van der Waals surface area contributed by atoms with Crippen molar-refractivity contribution in [3.63, 3.8) is 0 Å². The van der Waals surface area contributed by atoms with Crippen LogP contribution in [0.5, 0.6) is 0 Å². The van der Waals surface area contributed by atoms with Crippen LogP contribution in [0.4, 0.5) is 51.2 Å². The third-order valence-corrected chi connectivity index (χ3v) is 28.0. The van der Waals surface area contributed by atoms with Crippen molar-refractivity contribution < 1.29 is 4.42 Å². The zero-order chi connectivity index (χ0) is 72.3. The second-order valence-electron chi connectivity index (χ2n) is 38.7. The lowest BCUT2D eigenvalue weighted by Crippen LogP contribution is -2.62. The number of benzene rings is 11. The molecule has 0 bridgehead atoms. The smallest absolute Gasteiger partial charge is 0.252 e. The first-order chi connectivity index (χ1) is 49.2. The van der Waals surface area contributed by atoms with Crippen molar-refractivity contribution in [2.75, 3.05) is 14.7 Å². The van der Waals surface area contributed by atoms with Gasteiger partial charge in [0.25, 0.3) is 6.71 Å². The summed E-state index contributed by atoms with van der Waals surface area (Å²) in [5, 5.41) is 6.03. The van der Waals surface area contributed by atoms with Gasteiger partial charge in [-0.15, -0.1) is 0 Å². The third-order valence-electron chi connectivity index (χ3n) is 28.0. The molecule has 0 spiro atoms. The molecule has 0 radical (unpaired) electrons. The van der Waals surface area contributed by atoms with Crippen LogP contribution in [0.15, 0.2) is 199 Å². The second-order valence-corrected chi connectivity index (χ2v) is 38.7. The van der Waals surface area contributed by atoms with Gasteiger partial charge in [-0.05, 0) is 290 Å². The Labute approximate surface area is 619 Å². The molecule has 0 saturated carbocycles. The van der Waals surface area contributed by atoms with Gasteiger partial charge in [-0.25, -0.2) is 0 Å². The van der Waals surface area contributed by atoms with E-state index in [1.807, 2.05) is 0 Å². The molecule has 2 aliphatic heterocycles. The van der Waals surface area contributed by atoms with E-state index in [-0.39, 0.29) is 55.4 Å². The van der Waals surface area contributed by atoms with Gasteiger partial charge in [0.2, 0.25) is 0 Å². The van der Waals surface area contributed by atoms with Crippen molar-refractivity contribution in [2.24, 2.45) is 0 Å². The summed E-state index contributed by atoms with van der Waals surface area (Å²) in [5.41, 5.74) is 34.0. The van der Waals surface area contributed by atoms with Crippen LogP contribution in [0.1, 0.15) is 232 Å². The fourth-order valence-electron chi connectivity index (χ4n) is 20.9. The molecule has 12 aromatic rings. The molecule has 3 heterocycles. The second kappa shape index (κ2) is 21.6. The zero-order valence-electron chi connectivity index (χ0n) is 65.0. The maximum absolute atomic E-state index is 6.56. The number of anilines is 9. The monoisotopic (exact) mass is 1360 g/mol. The Morgan fingerprint density at radius 2 is 0.750 bits per heavy atom. The molecule has 0 fully saturated rings. The van der Waals surface area contributed by atoms with Crippen LogP contribution in [0.2, 0.25) is 0 Å². The Hall–Kier alpha value is -9.06. The highest BCUT2D eigenvalue weighted by atomic mass is 16.3. The number of para-hydroxylation sites is 1. The van der Waals surface area contributed by atoms with Crippen LogP contribution in [0.25, 0.3) is 55.0 Å². The van der Waals surface area contributed by atoms with Crippen molar-refractivity contribution in [3.05, 3.63) is 250 Å². The molecule has 0 amide bonds. The van der Waals surface area contributed by atoms with Crippen molar-refractivity contribution in [3.8, 4) is 22.5 Å². The van der Waals surface area contributed by atoms with Gasteiger partial charge < -0.3 is 19.1 Å². The first kappa shape index (κ1) is 65.7. The van der Waals surface area contributed by atoms with E-state index in [0.29, 0.717) is 0 Å². The van der Waals surface area contributed by atoms with E-state index >= 15 is 0 Å². The molecule has 0 saturated heterocycles. The van der Waals surface area contributed by atoms with Crippen LogP contribution < -0.4 is 31.1 Å². The minimum absolute atomic E-state index is 0.0253. The number of fused-ring (bicyclic) bond motifs is 15. The highest BCUT2D eigenvalue weighted by Gasteiger charge is 2.51. The molecule has 1 aromatic heterocycles. The summed E-state index contributed by atoms with van der Waals surface area (Å²) >= 11 is 0. The fraction of sp³-hybridized carbons (Fsp3) is 0.354. The average Bonchev–Trinajstić information content (AvgIpc) is 0.838. The first-order valence-electron chi connectivity index (χ1n) is 39.2. The SMILES string of the molecule is CC1(C)CCC(C)(C)c2cc(N3c4cc5c(cc4B4c6cc7c(cc6N(c6ccc8c(c6)C(C)(C)CCC8(C)C)c6cc(N(c8ccc9c(c8)C(C)(C)c8ccc%10ccccc%10c8-9)c8ccc9cc(-c%10cc%11ccccc%11o%10)ccc9c8)cc3c64)C(C)(C)CCC7(C)C)C(C)(C)CCC5(C)C)ccc21. The van der Waals surface area contributed by atoms with Gasteiger partial charge in [0.1, 0.15) is 11.3 Å². The van der Waals surface area contributed by atoms with Crippen molar-refractivity contribution >= 4 is 107 Å². The lowest BCUT2D eigenvalue weighted by molar-refractivity contribution is 0.332. The number of rotatable bonds is 6. The normalized spacial score (nSPS) is 20.0. The highest BCUT2D eigenvalue weighted by Crippen LogP contribution is 2.59. The van der Waals surface area contributed by atoms with Gasteiger partial charge >= 0.3 is 0 Å². The summed E-state index contributed by atoms with van der Waals surface area (Å²) in [6.45, 7) is 45.0. The molecule has 0 N–H and O–H groups in total. The van der Waals surface area contributed by atoms with Gasteiger partial charge in [0, 0.05) is 61.9 Å². The molecular formula is C99H102BN3O. The van der Waals surface area contributed by atoms with Crippen molar-refractivity contribution in [1.29, 1.82) is 0 Å². The van der Waals surface area contributed by atoms with Crippen LogP contribution in [0.3, 0.4) is 0 Å². The lowest BCUT2D eigenvalue weighted by atomic mass is 9.32. The standard InChI is InChI=1S/C99H102BN3O/c1-91(2)39-41-93(5,6)75-51-66(33-37-71(75)91)102-83-57-79-77(95(9,10)43-45-97(79,13)14)55-81(83)100-82-56-78-80(98(15,16)46-44-96(78,11)12)58-84(82)103(67-34-38-72-76(52-67)94(7,8)42-40-92(72,3)4)86-54-68(53-85(102)90(86)100)101(64-31-29-60-47-63(28-27-61(60)48-64)88-49-62-24-20-22-26-87(62)104-88)65-32-35-70-74(50-65)99(17,18)73-36-30-59-23-19-21-25-69(59)89(70)73/h19-38,47-58H,39-46H2,1-18H3. The van der Waals surface area contributed by atoms with Crippen molar-refractivity contribution in [1.82, 2.24) is 0 Å². The van der Waals surface area contributed by atoms with Gasteiger partial charge in [0.15, 0.2) is 0 Å². The Bertz CT molecular complexity index is 5490. The largest absolute Gasteiger partial charge is 0.456 e. The summed E-state index contributed by atoms with van der Waals surface area (Å²) in [6, 6.07) is 77.6. The lowest BCUT2D eigenvalue weighted by Gasteiger charge is -2.49. The summed E-state index contributed by atoms with van der Waals surface area (Å²) in [7, 11) is 0. The molecule has 7 aliphatic rings. The molecule has 0 atom stereocenters. The number of nitrogens with zero attached hydrogens (tertiary/aromatic N) is 3. The molecule has 4 nitrogen and oxygen atoms in total. The minimum atomic E-state index is -0.282.